The molecule has 0 radical (unpaired) electrons. The third kappa shape index (κ3) is 12.1. The number of thioether (sulfide) groups is 1. The first-order valence-corrected chi connectivity index (χ1v) is 7.11. The van der Waals surface area contributed by atoms with Gasteiger partial charge in [0, 0.05) is 0 Å². The van der Waals surface area contributed by atoms with Crippen molar-refractivity contribution in [3.05, 3.63) is 12.7 Å². The highest BCUT2D eigenvalue weighted by molar-refractivity contribution is 7.99. The molecular formula is C13H26S. The van der Waals surface area contributed by atoms with E-state index >= 15 is 0 Å². The second-order valence-electron chi connectivity index (χ2n) is 4.31. The molecule has 0 nitrogen and oxygen atoms in total. The van der Waals surface area contributed by atoms with Crippen LogP contribution in [0.25, 0.3) is 0 Å². The van der Waals surface area contributed by atoms with Crippen LogP contribution in [0.1, 0.15) is 52.4 Å². The normalized spacial score (nSPS) is 10.8. The second-order valence-corrected chi connectivity index (χ2v) is 5.46. The molecule has 0 aliphatic heterocycles. The van der Waals surface area contributed by atoms with Gasteiger partial charge in [-0.3, -0.25) is 0 Å². The fourth-order valence-electron chi connectivity index (χ4n) is 1.34. The fourth-order valence-corrected chi connectivity index (χ4v) is 2.39. The molecule has 0 aliphatic carbocycles. The molecule has 0 bridgehead atoms. The van der Waals surface area contributed by atoms with Crippen molar-refractivity contribution < 1.29 is 0 Å². The van der Waals surface area contributed by atoms with Gasteiger partial charge in [0.2, 0.25) is 0 Å². The topological polar surface area (TPSA) is 0 Å². The maximum atomic E-state index is 3.73. The van der Waals surface area contributed by atoms with E-state index in [4.69, 9.17) is 0 Å². The van der Waals surface area contributed by atoms with Crippen LogP contribution in [-0.4, -0.2) is 11.5 Å². The first-order valence-electron chi connectivity index (χ1n) is 5.96. The van der Waals surface area contributed by atoms with Crippen LogP contribution >= 0.6 is 11.8 Å². The van der Waals surface area contributed by atoms with Gasteiger partial charge in [-0.1, -0.05) is 39.2 Å². The van der Waals surface area contributed by atoms with Gasteiger partial charge >= 0.3 is 0 Å². The van der Waals surface area contributed by atoms with Gasteiger partial charge in [0.25, 0.3) is 0 Å². The minimum absolute atomic E-state index is 0.854. The summed E-state index contributed by atoms with van der Waals surface area (Å²) in [5, 5.41) is 0. The predicted octanol–water partition coefficient (Wildman–Crippen LogP) is 4.90. The van der Waals surface area contributed by atoms with E-state index in [0.29, 0.717) is 0 Å². The van der Waals surface area contributed by atoms with Crippen molar-refractivity contribution in [2.24, 2.45) is 5.92 Å². The zero-order valence-electron chi connectivity index (χ0n) is 9.93. The molecule has 0 spiro atoms. The molecule has 0 aliphatic rings. The minimum atomic E-state index is 0.854. The number of rotatable bonds is 10. The van der Waals surface area contributed by atoms with Crippen molar-refractivity contribution in [3.63, 3.8) is 0 Å². The van der Waals surface area contributed by atoms with Crippen molar-refractivity contribution in [2.75, 3.05) is 11.5 Å². The Balaban J connectivity index is 2.88. The van der Waals surface area contributed by atoms with Gasteiger partial charge in [0.15, 0.2) is 0 Å². The Labute approximate surface area is 94.6 Å². The van der Waals surface area contributed by atoms with Crippen LogP contribution in [0.2, 0.25) is 0 Å². The highest BCUT2D eigenvalue weighted by Crippen LogP contribution is 2.12. The SMILES string of the molecule is C=CCCCCCCCSCC(C)C. The molecular weight excluding hydrogens is 188 g/mol. The summed E-state index contributed by atoms with van der Waals surface area (Å²) < 4.78 is 0. The van der Waals surface area contributed by atoms with E-state index in [-0.39, 0.29) is 0 Å². The summed E-state index contributed by atoms with van der Waals surface area (Å²) >= 11 is 2.11. The van der Waals surface area contributed by atoms with E-state index in [1.807, 2.05) is 6.08 Å². The molecule has 0 heterocycles. The molecule has 84 valence electrons. The largest absolute Gasteiger partial charge is 0.162 e. The summed E-state index contributed by atoms with van der Waals surface area (Å²) in [5.41, 5.74) is 0. The van der Waals surface area contributed by atoms with Crippen LogP contribution in [0.5, 0.6) is 0 Å². The van der Waals surface area contributed by atoms with Crippen molar-refractivity contribution in [1.29, 1.82) is 0 Å². The second kappa shape index (κ2) is 11.2. The zero-order valence-corrected chi connectivity index (χ0v) is 10.7. The van der Waals surface area contributed by atoms with E-state index in [1.165, 1.54) is 50.0 Å². The van der Waals surface area contributed by atoms with Crippen LogP contribution in [0.3, 0.4) is 0 Å². The number of allylic oxidation sites excluding steroid dienone is 1. The molecule has 0 fully saturated rings. The first kappa shape index (κ1) is 14.1. The lowest BCUT2D eigenvalue weighted by Gasteiger charge is -2.04. The molecule has 0 N–H and O–H groups in total. The van der Waals surface area contributed by atoms with E-state index in [0.717, 1.165) is 5.92 Å². The smallest absolute Gasteiger partial charge is 0.00444 e. The molecule has 0 saturated heterocycles. The zero-order chi connectivity index (χ0) is 10.6. The summed E-state index contributed by atoms with van der Waals surface area (Å²) in [6, 6.07) is 0. The van der Waals surface area contributed by atoms with Crippen LogP contribution in [-0.2, 0) is 0 Å². The first-order chi connectivity index (χ1) is 6.77. The summed E-state index contributed by atoms with van der Waals surface area (Å²) in [6.45, 7) is 8.32. The molecule has 0 amide bonds. The highest BCUT2D eigenvalue weighted by atomic mass is 32.2. The maximum Gasteiger partial charge on any atom is -0.00444 e. The molecule has 0 aromatic rings. The Kier molecular flexibility index (Phi) is 11.2. The molecule has 0 aromatic carbocycles. The van der Waals surface area contributed by atoms with Gasteiger partial charge in [-0.25, -0.2) is 0 Å². The number of hydrogen-bond acceptors (Lipinski definition) is 1. The Hall–Kier alpha value is 0.0900. The third-order valence-corrected chi connectivity index (χ3v) is 3.63. The molecule has 0 rings (SSSR count). The molecule has 0 unspecified atom stereocenters. The Morgan fingerprint density at radius 1 is 1.07 bits per heavy atom. The Morgan fingerprint density at radius 3 is 2.36 bits per heavy atom. The fraction of sp³-hybridized carbons (Fsp3) is 0.846. The molecule has 14 heavy (non-hydrogen) atoms. The predicted molar refractivity (Wildman–Crippen MR) is 70.1 cm³/mol. The lowest BCUT2D eigenvalue weighted by Crippen LogP contribution is -1.92. The van der Waals surface area contributed by atoms with Crippen LogP contribution < -0.4 is 0 Å². The van der Waals surface area contributed by atoms with Crippen LogP contribution in [0, 0.1) is 5.92 Å². The number of unbranched alkanes of at least 4 members (excludes halogenated alkanes) is 5. The monoisotopic (exact) mass is 214 g/mol. The Morgan fingerprint density at radius 2 is 1.71 bits per heavy atom. The van der Waals surface area contributed by atoms with Crippen molar-refractivity contribution in [1.82, 2.24) is 0 Å². The van der Waals surface area contributed by atoms with Gasteiger partial charge in [0.1, 0.15) is 0 Å². The summed E-state index contributed by atoms with van der Waals surface area (Å²) in [6.07, 6.45) is 10.2. The van der Waals surface area contributed by atoms with Crippen molar-refractivity contribution in [2.45, 2.75) is 52.4 Å². The molecule has 1 heteroatoms. The average molecular weight is 214 g/mol. The lowest BCUT2D eigenvalue weighted by atomic mass is 10.1. The van der Waals surface area contributed by atoms with E-state index in [2.05, 4.69) is 32.2 Å². The Bertz CT molecular complexity index is 118. The molecule has 0 saturated carbocycles. The van der Waals surface area contributed by atoms with Gasteiger partial charge in [-0.2, -0.15) is 11.8 Å². The summed E-state index contributed by atoms with van der Waals surface area (Å²) in [7, 11) is 0. The molecule has 0 atom stereocenters. The van der Waals surface area contributed by atoms with Crippen molar-refractivity contribution in [3.8, 4) is 0 Å². The van der Waals surface area contributed by atoms with E-state index < -0.39 is 0 Å². The minimum Gasteiger partial charge on any atom is -0.162 e. The van der Waals surface area contributed by atoms with Gasteiger partial charge in [-0.15, -0.1) is 6.58 Å². The van der Waals surface area contributed by atoms with Crippen LogP contribution in [0.15, 0.2) is 12.7 Å². The third-order valence-electron chi connectivity index (χ3n) is 2.15. The summed E-state index contributed by atoms with van der Waals surface area (Å²) in [5.74, 6) is 3.54. The van der Waals surface area contributed by atoms with Gasteiger partial charge in [-0.05, 0) is 36.7 Å². The van der Waals surface area contributed by atoms with E-state index in [9.17, 15) is 0 Å². The van der Waals surface area contributed by atoms with E-state index in [1.54, 1.807) is 0 Å². The molecule has 0 aromatic heterocycles. The highest BCUT2D eigenvalue weighted by Gasteiger charge is 1.94. The average Bonchev–Trinajstić information content (AvgIpc) is 2.15. The quantitative estimate of drug-likeness (QED) is 0.368. The lowest BCUT2D eigenvalue weighted by molar-refractivity contribution is 0.640. The van der Waals surface area contributed by atoms with Crippen molar-refractivity contribution >= 4 is 11.8 Å². The summed E-state index contributed by atoms with van der Waals surface area (Å²) in [4.78, 5) is 0. The van der Waals surface area contributed by atoms with Gasteiger partial charge in [0.05, 0.1) is 0 Å². The van der Waals surface area contributed by atoms with Crippen LogP contribution in [0.4, 0.5) is 0 Å². The maximum absolute atomic E-state index is 3.73. The van der Waals surface area contributed by atoms with Gasteiger partial charge < -0.3 is 0 Å². The number of hydrogen-bond donors (Lipinski definition) is 0. The standard InChI is InChI=1S/C13H26S/c1-4-5-6-7-8-9-10-11-14-12-13(2)3/h4,13H,1,5-12H2,2-3H3.